The molecule has 1 N–H and O–H groups in total. The Labute approximate surface area is 195 Å². The molecule has 0 unspecified atom stereocenters. The van der Waals surface area contributed by atoms with E-state index in [2.05, 4.69) is 5.32 Å². The first-order valence-electron chi connectivity index (χ1n) is 11.1. The number of nitrogens with zero attached hydrogens (tertiary/aromatic N) is 2. The molecular formula is C25H26F3N3O3. The largest absolute Gasteiger partial charge is 0.468 e. The van der Waals surface area contributed by atoms with Crippen LogP contribution in [0.1, 0.15) is 35.6 Å². The predicted molar refractivity (Wildman–Crippen MR) is 121 cm³/mol. The third-order valence-corrected chi connectivity index (χ3v) is 6.48. The number of benzene rings is 2. The molecule has 2 heterocycles. The van der Waals surface area contributed by atoms with Crippen molar-refractivity contribution < 1.29 is 27.5 Å². The molecule has 1 aliphatic heterocycles. The molecule has 0 radical (unpaired) electrons. The topological polar surface area (TPSA) is 63.6 Å². The fraction of sp³-hybridized carbons (Fsp3) is 0.360. The molecule has 34 heavy (non-hydrogen) atoms. The van der Waals surface area contributed by atoms with E-state index in [1.54, 1.807) is 11.0 Å². The van der Waals surface area contributed by atoms with E-state index in [-0.39, 0.29) is 42.4 Å². The third kappa shape index (κ3) is 4.73. The number of amides is 2. The Morgan fingerprint density at radius 3 is 2.41 bits per heavy atom. The van der Waals surface area contributed by atoms with E-state index in [0.29, 0.717) is 25.9 Å². The lowest BCUT2D eigenvalue weighted by Crippen LogP contribution is -2.44. The Morgan fingerprint density at radius 2 is 1.74 bits per heavy atom. The van der Waals surface area contributed by atoms with Gasteiger partial charge in [0.25, 0.3) is 0 Å². The van der Waals surface area contributed by atoms with Crippen LogP contribution in [0, 0.1) is 24.4 Å². The molecule has 2 amide bonds. The zero-order valence-corrected chi connectivity index (χ0v) is 19.0. The van der Waals surface area contributed by atoms with Crippen LogP contribution < -0.4 is 5.32 Å². The molecule has 4 rings (SSSR count). The van der Waals surface area contributed by atoms with Crippen molar-refractivity contribution in [2.45, 2.75) is 38.8 Å². The zero-order valence-electron chi connectivity index (χ0n) is 19.0. The SMILES string of the molecule is COC(=O)Cn1c(C)c(C2CCN(C(=O)NCc3ccc(F)cc3F)CC2)c2cc(F)ccc21. The smallest absolute Gasteiger partial charge is 0.325 e. The van der Waals surface area contributed by atoms with Crippen LogP contribution in [-0.4, -0.2) is 41.7 Å². The van der Waals surface area contributed by atoms with Gasteiger partial charge in [-0.3, -0.25) is 4.79 Å². The molecule has 2 aromatic carbocycles. The quantitative estimate of drug-likeness (QED) is 0.550. The fourth-order valence-electron chi connectivity index (χ4n) is 4.71. The maximum Gasteiger partial charge on any atom is 0.325 e. The van der Waals surface area contributed by atoms with Crippen molar-refractivity contribution in [3.8, 4) is 0 Å². The van der Waals surface area contributed by atoms with Gasteiger partial charge >= 0.3 is 12.0 Å². The summed E-state index contributed by atoms with van der Waals surface area (Å²) in [6, 6.07) is 7.45. The number of hydrogen-bond donors (Lipinski definition) is 1. The van der Waals surface area contributed by atoms with Gasteiger partial charge in [0.15, 0.2) is 0 Å². The molecule has 1 aliphatic rings. The maximum atomic E-state index is 14.1. The van der Waals surface area contributed by atoms with Gasteiger partial charge < -0.3 is 19.5 Å². The molecule has 3 aromatic rings. The van der Waals surface area contributed by atoms with Crippen molar-refractivity contribution in [3.63, 3.8) is 0 Å². The lowest BCUT2D eigenvalue weighted by atomic mass is 9.87. The molecule has 6 nitrogen and oxygen atoms in total. The Bertz CT molecular complexity index is 1230. The number of carbonyl (C=O) groups is 2. The van der Waals surface area contributed by atoms with Crippen molar-refractivity contribution in [2.75, 3.05) is 20.2 Å². The van der Waals surface area contributed by atoms with Gasteiger partial charge in [0.2, 0.25) is 0 Å². The van der Waals surface area contributed by atoms with Crippen LogP contribution >= 0.6 is 0 Å². The number of nitrogens with one attached hydrogen (secondary N) is 1. The van der Waals surface area contributed by atoms with E-state index in [1.165, 1.54) is 25.3 Å². The van der Waals surface area contributed by atoms with Gasteiger partial charge in [-0.1, -0.05) is 6.07 Å². The van der Waals surface area contributed by atoms with Gasteiger partial charge in [0, 0.05) is 47.9 Å². The monoisotopic (exact) mass is 473 g/mol. The second-order valence-electron chi connectivity index (χ2n) is 8.48. The third-order valence-electron chi connectivity index (χ3n) is 6.48. The average Bonchev–Trinajstić information content (AvgIpc) is 3.08. The number of ether oxygens (including phenoxy) is 1. The van der Waals surface area contributed by atoms with Gasteiger partial charge in [0.05, 0.1) is 7.11 Å². The van der Waals surface area contributed by atoms with E-state index < -0.39 is 11.6 Å². The summed E-state index contributed by atoms with van der Waals surface area (Å²) in [5, 5.41) is 3.44. The normalized spacial score (nSPS) is 14.4. The number of carbonyl (C=O) groups excluding carboxylic acids is 2. The first-order chi connectivity index (χ1) is 16.3. The van der Waals surface area contributed by atoms with Gasteiger partial charge in [-0.25, -0.2) is 18.0 Å². The molecule has 1 fully saturated rings. The number of halogens is 3. The first kappa shape index (κ1) is 23.7. The summed E-state index contributed by atoms with van der Waals surface area (Å²) in [5.74, 6) is -2.03. The van der Waals surface area contributed by atoms with Gasteiger partial charge in [-0.2, -0.15) is 0 Å². The van der Waals surface area contributed by atoms with E-state index >= 15 is 0 Å². The van der Waals surface area contributed by atoms with Crippen molar-refractivity contribution in [3.05, 3.63) is 70.7 Å². The summed E-state index contributed by atoms with van der Waals surface area (Å²) < 4.78 is 47.6. The molecule has 1 aromatic heterocycles. The lowest BCUT2D eigenvalue weighted by Gasteiger charge is -2.32. The molecule has 9 heteroatoms. The van der Waals surface area contributed by atoms with Gasteiger partial charge in [-0.05, 0) is 55.5 Å². The summed E-state index contributed by atoms with van der Waals surface area (Å²) in [5.41, 5.74) is 2.83. The number of hydrogen-bond acceptors (Lipinski definition) is 3. The summed E-state index contributed by atoms with van der Waals surface area (Å²) in [6.07, 6.45) is 1.32. The summed E-state index contributed by atoms with van der Waals surface area (Å²) >= 11 is 0. The van der Waals surface area contributed by atoms with Crippen LogP contribution in [-0.2, 0) is 22.6 Å². The second-order valence-corrected chi connectivity index (χ2v) is 8.48. The number of piperidine rings is 1. The van der Waals surface area contributed by atoms with Crippen LogP contribution in [0.4, 0.5) is 18.0 Å². The lowest BCUT2D eigenvalue weighted by molar-refractivity contribution is -0.141. The second kappa shape index (κ2) is 9.79. The highest BCUT2D eigenvalue weighted by Gasteiger charge is 2.28. The number of aromatic nitrogens is 1. The Kier molecular flexibility index (Phi) is 6.81. The molecule has 0 bridgehead atoms. The number of urea groups is 1. The predicted octanol–water partition coefficient (Wildman–Crippen LogP) is 4.63. The number of esters is 1. The van der Waals surface area contributed by atoms with Crippen molar-refractivity contribution in [1.82, 2.24) is 14.8 Å². The molecule has 0 saturated carbocycles. The molecule has 1 saturated heterocycles. The highest BCUT2D eigenvalue weighted by atomic mass is 19.1. The minimum atomic E-state index is -0.704. The summed E-state index contributed by atoms with van der Waals surface area (Å²) in [4.78, 5) is 26.2. The zero-order chi connectivity index (χ0) is 24.4. The van der Waals surface area contributed by atoms with Crippen molar-refractivity contribution in [2.24, 2.45) is 0 Å². The summed E-state index contributed by atoms with van der Waals surface area (Å²) in [6.45, 7) is 2.85. The number of rotatable bonds is 5. The van der Waals surface area contributed by atoms with Crippen LogP contribution in [0.2, 0.25) is 0 Å². The fourth-order valence-corrected chi connectivity index (χ4v) is 4.71. The van der Waals surface area contributed by atoms with E-state index in [4.69, 9.17) is 4.74 Å². The molecular weight excluding hydrogens is 447 g/mol. The minimum Gasteiger partial charge on any atom is -0.468 e. The number of fused-ring (bicyclic) bond motifs is 1. The molecule has 0 aliphatic carbocycles. The minimum absolute atomic E-state index is 0.0334. The standard InChI is InChI=1S/C25H26F3N3O3/c1-15-24(20-11-18(26)5-6-22(20)31(15)14-23(32)34-2)16-7-9-30(10-8-16)25(33)29-13-17-3-4-19(27)12-21(17)28/h3-6,11-12,16H,7-10,13-14H2,1-2H3,(H,29,33). The van der Waals surface area contributed by atoms with Crippen LogP contribution in [0.15, 0.2) is 36.4 Å². The van der Waals surface area contributed by atoms with Crippen LogP contribution in [0.25, 0.3) is 10.9 Å². The highest BCUT2D eigenvalue weighted by molar-refractivity contribution is 5.87. The van der Waals surface area contributed by atoms with E-state index in [0.717, 1.165) is 34.3 Å². The number of likely N-dealkylation sites (tertiary alicyclic amines) is 1. The molecule has 0 atom stereocenters. The van der Waals surface area contributed by atoms with E-state index in [1.807, 2.05) is 11.5 Å². The first-order valence-corrected chi connectivity index (χ1v) is 11.1. The van der Waals surface area contributed by atoms with Crippen LogP contribution in [0.3, 0.4) is 0 Å². The number of methoxy groups -OCH3 is 1. The highest BCUT2D eigenvalue weighted by Crippen LogP contribution is 2.37. The Balaban J connectivity index is 1.47. The molecule has 180 valence electrons. The Hall–Kier alpha value is -3.49. The van der Waals surface area contributed by atoms with Gasteiger partial charge in [-0.15, -0.1) is 0 Å². The maximum absolute atomic E-state index is 14.1. The van der Waals surface area contributed by atoms with Crippen molar-refractivity contribution >= 4 is 22.9 Å². The van der Waals surface area contributed by atoms with Crippen LogP contribution in [0.5, 0.6) is 0 Å². The van der Waals surface area contributed by atoms with Crippen molar-refractivity contribution in [1.29, 1.82) is 0 Å². The van der Waals surface area contributed by atoms with Gasteiger partial charge in [0.1, 0.15) is 24.0 Å². The van der Waals surface area contributed by atoms with E-state index in [9.17, 15) is 22.8 Å². The summed E-state index contributed by atoms with van der Waals surface area (Å²) in [7, 11) is 1.33. The molecule has 0 spiro atoms. The average molecular weight is 473 g/mol. The Morgan fingerprint density at radius 1 is 1.06 bits per heavy atom.